The summed E-state index contributed by atoms with van der Waals surface area (Å²) >= 11 is 6.49. The van der Waals surface area contributed by atoms with Gasteiger partial charge in [0.1, 0.15) is 11.0 Å². The number of halogens is 1. The van der Waals surface area contributed by atoms with Gasteiger partial charge in [0, 0.05) is 60.4 Å². The Hall–Kier alpha value is -2.04. The molecule has 4 nitrogen and oxygen atoms in total. The Balaban J connectivity index is 1.38. The highest BCUT2D eigenvalue weighted by molar-refractivity contribution is 6.30. The van der Waals surface area contributed by atoms with Crippen molar-refractivity contribution in [3.63, 3.8) is 0 Å². The molecule has 1 aromatic carbocycles. The number of hydrogen-bond acceptors (Lipinski definition) is 4. The van der Waals surface area contributed by atoms with E-state index in [1.165, 1.54) is 24.1 Å². The van der Waals surface area contributed by atoms with Gasteiger partial charge in [0.05, 0.1) is 5.52 Å². The van der Waals surface area contributed by atoms with Crippen LogP contribution < -0.4 is 0 Å². The molecule has 5 heteroatoms. The summed E-state index contributed by atoms with van der Waals surface area (Å²) in [5, 5.41) is 1.76. The first-order valence-corrected chi connectivity index (χ1v) is 9.67. The molecule has 1 aliphatic heterocycles. The van der Waals surface area contributed by atoms with E-state index in [4.69, 9.17) is 16.6 Å². The van der Waals surface area contributed by atoms with Gasteiger partial charge < -0.3 is 0 Å². The largest absolute Gasteiger partial charge is 0.294 e. The maximum Gasteiger partial charge on any atom is 0.134 e. The maximum atomic E-state index is 6.49. The molecule has 1 aliphatic carbocycles. The molecule has 2 aliphatic rings. The van der Waals surface area contributed by atoms with Crippen molar-refractivity contribution in [3.05, 3.63) is 63.8 Å². The number of para-hydroxylation sites is 1. The molecular formula is C21H21ClN4. The maximum absolute atomic E-state index is 6.49. The lowest BCUT2D eigenvalue weighted by molar-refractivity contribution is 0.242. The van der Waals surface area contributed by atoms with Gasteiger partial charge in [0.2, 0.25) is 0 Å². The molecule has 2 aromatic heterocycles. The third kappa shape index (κ3) is 2.97. The Morgan fingerprint density at radius 2 is 2.12 bits per heavy atom. The highest BCUT2D eigenvalue weighted by atomic mass is 35.5. The lowest BCUT2D eigenvalue weighted by atomic mass is 10.1. The Bertz CT molecular complexity index is 997. The van der Waals surface area contributed by atoms with Crippen LogP contribution in [-0.2, 0) is 19.5 Å². The van der Waals surface area contributed by atoms with Gasteiger partial charge in [-0.25, -0.2) is 15.0 Å². The Labute approximate surface area is 158 Å². The zero-order valence-corrected chi connectivity index (χ0v) is 15.6. The third-order valence-corrected chi connectivity index (χ3v) is 5.77. The first kappa shape index (κ1) is 16.2. The molecule has 26 heavy (non-hydrogen) atoms. The van der Waals surface area contributed by atoms with E-state index in [2.05, 4.69) is 46.1 Å². The SMILES string of the molecule is Cc1cccc2cc(CN3CCc4nc(C5CC5)ncc4C3)c(Cl)nc12. The number of rotatable bonds is 3. The van der Waals surface area contributed by atoms with E-state index in [0.717, 1.165) is 53.9 Å². The van der Waals surface area contributed by atoms with Gasteiger partial charge in [0.25, 0.3) is 0 Å². The van der Waals surface area contributed by atoms with Gasteiger partial charge in [-0.05, 0) is 31.4 Å². The van der Waals surface area contributed by atoms with Gasteiger partial charge in [-0.3, -0.25) is 4.90 Å². The second-order valence-corrected chi connectivity index (χ2v) is 7.88. The smallest absolute Gasteiger partial charge is 0.134 e. The average Bonchev–Trinajstić information content (AvgIpc) is 3.48. The van der Waals surface area contributed by atoms with E-state index in [-0.39, 0.29) is 0 Å². The lowest BCUT2D eigenvalue weighted by Gasteiger charge is -2.28. The molecule has 0 bridgehead atoms. The summed E-state index contributed by atoms with van der Waals surface area (Å²) in [4.78, 5) is 16.4. The molecule has 132 valence electrons. The minimum atomic E-state index is 0.609. The molecule has 3 aromatic rings. The van der Waals surface area contributed by atoms with Crippen LogP contribution in [0.3, 0.4) is 0 Å². The number of aromatic nitrogens is 3. The Kier molecular flexibility index (Phi) is 3.91. The van der Waals surface area contributed by atoms with Crippen LogP contribution in [0.4, 0.5) is 0 Å². The topological polar surface area (TPSA) is 41.9 Å². The van der Waals surface area contributed by atoms with Crippen LogP contribution in [0.2, 0.25) is 5.15 Å². The fourth-order valence-corrected chi connectivity index (χ4v) is 3.98. The van der Waals surface area contributed by atoms with E-state index < -0.39 is 0 Å². The molecule has 0 radical (unpaired) electrons. The van der Waals surface area contributed by atoms with E-state index in [1.54, 1.807) is 0 Å². The standard InChI is InChI=1S/C21H21ClN4/c1-13-3-2-4-15-9-16(20(22)25-19(13)15)11-26-8-7-18-17(12-26)10-23-21(24-18)14-5-6-14/h2-4,9-10,14H,5-8,11-12H2,1H3. The van der Waals surface area contributed by atoms with Crippen molar-refractivity contribution in [2.75, 3.05) is 6.54 Å². The zero-order valence-electron chi connectivity index (χ0n) is 14.9. The van der Waals surface area contributed by atoms with Crippen molar-refractivity contribution in [1.82, 2.24) is 19.9 Å². The predicted molar refractivity (Wildman–Crippen MR) is 103 cm³/mol. The van der Waals surface area contributed by atoms with E-state index in [1.807, 2.05) is 6.20 Å². The van der Waals surface area contributed by atoms with Gasteiger partial charge in [-0.1, -0.05) is 29.8 Å². The fourth-order valence-electron chi connectivity index (χ4n) is 3.78. The van der Waals surface area contributed by atoms with E-state index in [9.17, 15) is 0 Å². The summed E-state index contributed by atoms with van der Waals surface area (Å²) < 4.78 is 0. The molecule has 0 amide bonds. The van der Waals surface area contributed by atoms with Crippen molar-refractivity contribution in [2.45, 2.75) is 45.2 Å². The van der Waals surface area contributed by atoms with Crippen molar-refractivity contribution < 1.29 is 0 Å². The Morgan fingerprint density at radius 1 is 1.23 bits per heavy atom. The summed E-state index contributed by atoms with van der Waals surface area (Å²) in [6, 6.07) is 8.43. The molecule has 0 atom stereocenters. The second-order valence-electron chi connectivity index (χ2n) is 7.52. The predicted octanol–water partition coefficient (Wildman–Crippen LogP) is 4.42. The number of hydrogen-bond donors (Lipinski definition) is 0. The monoisotopic (exact) mass is 364 g/mol. The van der Waals surface area contributed by atoms with E-state index in [0.29, 0.717) is 11.1 Å². The molecule has 0 saturated heterocycles. The number of benzene rings is 1. The highest BCUT2D eigenvalue weighted by Crippen LogP contribution is 2.38. The van der Waals surface area contributed by atoms with Crippen LogP contribution in [0.1, 0.15) is 47.0 Å². The van der Waals surface area contributed by atoms with Crippen LogP contribution in [0, 0.1) is 6.92 Å². The second kappa shape index (κ2) is 6.29. The van der Waals surface area contributed by atoms with Crippen molar-refractivity contribution in [3.8, 4) is 0 Å². The molecule has 1 saturated carbocycles. The van der Waals surface area contributed by atoms with E-state index >= 15 is 0 Å². The van der Waals surface area contributed by atoms with Crippen LogP contribution >= 0.6 is 11.6 Å². The van der Waals surface area contributed by atoms with Crippen molar-refractivity contribution >= 4 is 22.5 Å². The molecule has 5 rings (SSSR count). The van der Waals surface area contributed by atoms with Crippen LogP contribution in [0.15, 0.2) is 30.5 Å². The van der Waals surface area contributed by atoms with Gasteiger partial charge in [-0.15, -0.1) is 0 Å². The zero-order chi connectivity index (χ0) is 17.7. The van der Waals surface area contributed by atoms with Crippen molar-refractivity contribution in [1.29, 1.82) is 0 Å². The summed E-state index contributed by atoms with van der Waals surface area (Å²) in [7, 11) is 0. The molecular weight excluding hydrogens is 344 g/mol. The molecule has 0 N–H and O–H groups in total. The lowest BCUT2D eigenvalue weighted by Crippen LogP contribution is -2.31. The summed E-state index contributed by atoms with van der Waals surface area (Å²) in [5.41, 5.74) is 5.72. The summed E-state index contributed by atoms with van der Waals surface area (Å²) in [5.74, 6) is 1.67. The highest BCUT2D eigenvalue weighted by Gasteiger charge is 2.28. The van der Waals surface area contributed by atoms with Gasteiger partial charge in [0.15, 0.2) is 0 Å². The minimum absolute atomic E-state index is 0.609. The third-order valence-electron chi connectivity index (χ3n) is 5.44. The van der Waals surface area contributed by atoms with Crippen LogP contribution in [0.5, 0.6) is 0 Å². The van der Waals surface area contributed by atoms with Gasteiger partial charge >= 0.3 is 0 Å². The van der Waals surface area contributed by atoms with Crippen LogP contribution in [-0.4, -0.2) is 26.4 Å². The molecule has 0 spiro atoms. The first-order chi connectivity index (χ1) is 12.7. The fraction of sp³-hybridized carbons (Fsp3) is 0.381. The number of pyridine rings is 1. The summed E-state index contributed by atoms with van der Waals surface area (Å²) in [6.45, 7) is 4.75. The average molecular weight is 365 g/mol. The number of aryl methyl sites for hydroxylation is 1. The van der Waals surface area contributed by atoms with Crippen LogP contribution in [0.25, 0.3) is 10.9 Å². The minimum Gasteiger partial charge on any atom is -0.294 e. The first-order valence-electron chi connectivity index (χ1n) is 9.29. The number of nitrogens with zero attached hydrogens (tertiary/aromatic N) is 4. The molecule has 0 unspecified atom stereocenters. The normalized spacial score (nSPS) is 17.5. The molecule has 1 fully saturated rings. The number of fused-ring (bicyclic) bond motifs is 2. The quantitative estimate of drug-likeness (QED) is 0.645. The Morgan fingerprint density at radius 3 is 2.96 bits per heavy atom. The summed E-state index contributed by atoms with van der Waals surface area (Å²) in [6.07, 6.45) is 5.51. The molecule has 3 heterocycles. The van der Waals surface area contributed by atoms with Crippen molar-refractivity contribution in [2.24, 2.45) is 0 Å². The van der Waals surface area contributed by atoms with Gasteiger partial charge in [-0.2, -0.15) is 0 Å².